The maximum absolute atomic E-state index is 12.9. The molecule has 1 aliphatic carbocycles. The summed E-state index contributed by atoms with van der Waals surface area (Å²) in [6, 6.07) is 9.37. The van der Waals surface area contributed by atoms with E-state index in [0.29, 0.717) is 18.4 Å². The van der Waals surface area contributed by atoms with E-state index in [9.17, 15) is 10.1 Å². The largest absolute Gasteiger partial charge is 0.473 e. The van der Waals surface area contributed by atoms with E-state index in [0.717, 1.165) is 56.0 Å². The van der Waals surface area contributed by atoms with Crippen LogP contribution < -0.4 is 15.8 Å². The summed E-state index contributed by atoms with van der Waals surface area (Å²) in [5.41, 5.74) is 7.54. The van der Waals surface area contributed by atoms with Gasteiger partial charge in [-0.2, -0.15) is 5.26 Å². The predicted octanol–water partition coefficient (Wildman–Crippen LogP) is 3.87. The SMILES string of the molecule is CC(Oc1nc(C(=O)NCC2CCN(Cc3cnc(-c4ccccn4)s3)CC2)cc(N)c1C#N)C1CC1. The molecule has 2 fully saturated rings. The number of ether oxygens (including phenoxy) is 1. The summed E-state index contributed by atoms with van der Waals surface area (Å²) in [6.07, 6.45) is 7.89. The Kier molecular flexibility index (Phi) is 7.63. The zero-order valence-electron chi connectivity index (χ0n) is 20.9. The highest BCUT2D eigenvalue weighted by Crippen LogP contribution is 2.35. The van der Waals surface area contributed by atoms with Gasteiger partial charge < -0.3 is 15.8 Å². The van der Waals surface area contributed by atoms with Crippen molar-refractivity contribution >= 4 is 22.9 Å². The number of carbonyl (C=O) groups excluding carboxylic acids is 1. The second-order valence-corrected chi connectivity index (χ2v) is 10.9. The molecule has 3 aromatic heterocycles. The Bertz CT molecular complexity index is 1280. The summed E-state index contributed by atoms with van der Waals surface area (Å²) < 4.78 is 5.91. The average molecular weight is 518 g/mol. The lowest BCUT2D eigenvalue weighted by atomic mass is 9.96. The van der Waals surface area contributed by atoms with Gasteiger partial charge in [-0.25, -0.2) is 9.97 Å². The quantitative estimate of drug-likeness (QED) is 0.437. The molecule has 0 bridgehead atoms. The summed E-state index contributed by atoms with van der Waals surface area (Å²) in [5, 5.41) is 13.4. The molecule has 0 spiro atoms. The predicted molar refractivity (Wildman–Crippen MR) is 142 cm³/mol. The van der Waals surface area contributed by atoms with Gasteiger partial charge in [0.1, 0.15) is 28.4 Å². The highest BCUT2D eigenvalue weighted by molar-refractivity contribution is 7.14. The fourth-order valence-electron chi connectivity index (χ4n) is 4.58. The first kappa shape index (κ1) is 25.1. The molecule has 9 nitrogen and oxygen atoms in total. The fourth-order valence-corrected chi connectivity index (χ4v) is 5.51. The molecule has 3 N–H and O–H groups in total. The molecule has 1 atom stereocenters. The molecule has 1 saturated heterocycles. The third-order valence-corrected chi connectivity index (χ3v) is 8.02. The lowest BCUT2D eigenvalue weighted by Gasteiger charge is -2.31. The maximum Gasteiger partial charge on any atom is 0.270 e. The smallest absolute Gasteiger partial charge is 0.270 e. The monoisotopic (exact) mass is 517 g/mol. The van der Waals surface area contributed by atoms with Crippen LogP contribution in [-0.4, -0.2) is 51.5 Å². The van der Waals surface area contributed by atoms with E-state index < -0.39 is 0 Å². The number of carbonyl (C=O) groups is 1. The minimum Gasteiger partial charge on any atom is -0.473 e. The highest BCUT2D eigenvalue weighted by Gasteiger charge is 2.31. The summed E-state index contributed by atoms with van der Waals surface area (Å²) in [6.45, 7) is 5.35. The van der Waals surface area contributed by atoms with Crippen LogP contribution in [0.2, 0.25) is 0 Å². The van der Waals surface area contributed by atoms with Crippen molar-refractivity contribution in [2.45, 2.75) is 45.3 Å². The maximum atomic E-state index is 12.9. The number of hydrogen-bond donors (Lipinski definition) is 2. The number of rotatable bonds is 9. The molecule has 192 valence electrons. The molecular weight excluding hydrogens is 486 g/mol. The van der Waals surface area contributed by atoms with E-state index in [1.54, 1.807) is 17.5 Å². The van der Waals surface area contributed by atoms with E-state index in [1.807, 2.05) is 31.3 Å². The summed E-state index contributed by atoms with van der Waals surface area (Å²) in [7, 11) is 0. The molecule has 2 aliphatic rings. The van der Waals surface area contributed by atoms with E-state index in [2.05, 4.69) is 31.2 Å². The number of nitriles is 1. The molecule has 1 saturated carbocycles. The number of nitrogen functional groups attached to an aromatic ring is 1. The molecule has 1 aliphatic heterocycles. The van der Waals surface area contributed by atoms with Crippen molar-refractivity contribution in [2.24, 2.45) is 11.8 Å². The van der Waals surface area contributed by atoms with Gasteiger partial charge in [0.2, 0.25) is 5.88 Å². The van der Waals surface area contributed by atoms with Gasteiger partial charge in [0, 0.05) is 30.4 Å². The summed E-state index contributed by atoms with van der Waals surface area (Å²) >= 11 is 1.69. The van der Waals surface area contributed by atoms with Gasteiger partial charge in [-0.15, -0.1) is 11.3 Å². The molecular formula is C27H31N7O2S. The lowest BCUT2D eigenvalue weighted by molar-refractivity contribution is 0.0928. The van der Waals surface area contributed by atoms with Crippen molar-refractivity contribution in [3.05, 3.63) is 52.8 Å². The molecule has 5 rings (SSSR count). The number of nitrogens with two attached hydrogens (primary N) is 1. The Morgan fingerprint density at radius 2 is 2.11 bits per heavy atom. The lowest BCUT2D eigenvalue weighted by Crippen LogP contribution is -2.38. The Balaban J connectivity index is 1.11. The number of amides is 1. The van der Waals surface area contributed by atoms with Gasteiger partial charge >= 0.3 is 0 Å². The van der Waals surface area contributed by atoms with Crippen LogP contribution in [0.4, 0.5) is 5.69 Å². The van der Waals surface area contributed by atoms with Crippen LogP contribution in [0, 0.1) is 23.2 Å². The summed E-state index contributed by atoms with van der Waals surface area (Å²) in [5.74, 6) is 0.716. The van der Waals surface area contributed by atoms with Gasteiger partial charge in [0.05, 0.1) is 11.4 Å². The van der Waals surface area contributed by atoms with Gasteiger partial charge in [0.15, 0.2) is 0 Å². The van der Waals surface area contributed by atoms with Crippen molar-refractivity contribution in [3.8, 4) is 22.7 Å². The normalized spacial score (nSPS) is 17.2. The molecule has 3 aromatic rings. The molecule has 0 aromatic carbocycles. The highest BCUT2D eigenvalue weighted by atomic mass is 32.1. The van der Waals surface area contributed by atoms with Crippen LogP contribution in [0.25, 0.3) is 10.7 Å². The van der Waals surface area contributed by atoms with Crippen LogP contribution in [0.3, 0.4) is 0 Å². The van der Waals surface area contributed by atoms with E-state index in [1.165, 1.54) is 10.9 Å². The summed E-state index contributed by atoms with van der Waals surface area (Å²) in [4.78, 5) is 29.8. The first-order chi connectivity index (χ1) is 18.0. The Morgan fingerprint density at radius 1 is 1.30 bits per heavy atom. The number of hydrogen-bond acceptors (Lipinski definition) is 9. The number of thiazole rings is 1. The zero-order valence-corrected chi connectivity index (χ0v) is 21.7. The van der Waals surface area contributed by atoms with E-state index in [4.69, 9.17) is 10.5 Å². The molecule has 1 unspecified atom stereocenters. The van der Waals surface area contributed by atoms with Crippen molar-refractivity contribution in [2.75, 3.05) is 25.4 Å². The zero-order chi connectivity index (χ0) is 25.8. The third kappa shape index (κ3) is 6.24. The Morgan fingerprint density at radius 3 is 2.81 bits per heavy atom. The fraction of sp³-hybridized carbons (Fsp3) is 0.444. The average Bonchev–Trinajstić information content (AvgIpc) is 3.67. The van der Waals surface area contributed by atoms with Gasteiger partial charge in [-0.3, -0.25) is 14.7 Å². The number of pyridine rings is 2. The van der Waals surface area contributed by atoms with Crippen LogP contribution in [0.5, 0.6) is 5.88 Å². The van der Waals surface area contributed by atoms with E-state index in [-0.39, 0.29) is 34.8 Å². The molecule has 37 heavy (non-hydrogen) atoms. The van der Waals surface area contributed by atoms with Crippen molar-refractivity contribution < 1.29 is 9.53 Å². The number of likely N-dealkylation sites (tertiary alicyclic amines) is 1. The first-order valence-electron chi connectivity index (χ1n) is 12.7. The molecule has 4 heterocycles. The van der Waals surface area contributed by atoms with Crippen molar-refractivity contribution in [1.29, 1.82) is 5.26 Å². The van der Waals surface area contributed by atoms with Crippen LogP contribution in [0.15, 0.2) is 36.7 Å². The standard InChI is InChI=1S/C27H31N7O2S/c1-17(19-5-6-19)36-26-21(13-28)22(29)12-24(33-26)25(35)31-14-18-7-10-34(11-8-18)16-20-15-32-27(37-20)23-4-2-3-9-30-23/h2-4,9,12,15,17-19H,5-8,10-11,14,16H2,1H3,(H2,29,33)(H,31,35). The third-order valence-electron chi connectivity index (χ3n) is 7.02. The minimum absolute atomic E-state index is 0.0611. The number of nitrogens with zero attached hydrogens (tertiary/aromatic N) is 5. The van der Waals surface area contributed by atoms with Crippen molar-refractivity contribution in [3.63, 3.8) is 0 Å². The van der Waals surface area contributed by atoms with Gasteiger partial charge in [-0.05, 0) is 75.7 Å². The van der Waals surface area contributed by atoms with Gasteiger partial charge in [-0.1, -0.05) is 6.07 Å². The number of anilines is 1. The molecule has 1 amide bonds. The van der Waals surface area contributed by atoms with E-state index >= 15 is 0 Å². The topological polar surface area (TPSA) is 130 Å². The van der Waals surface area contributed by atoms with Crippen LogP contribution in [0.1, 0.15) is 53.5 Å². The van der Waals surface area contributed by atoms with Crippen LogP contribution >= 0.6 is 11.3 Å². The second-order valence-electron chi connectivity index (χ2n) is 9.83. The number of aromatic nitrogens is 3. The van der Waals surface area contributed by atoms with Crippen LogP contribution in [-0.2, 0) is 6.54 Å². The molecule has 10 heteroatoms. The Labute approximate surface area is 220 Å². The minimum atomic E-state index is -0.297. The van der Waals surface area contributed by atoms with Gasteiger partial charge in [0.25, 0.3) is 5.91 Å². The molecule has 0 radical (unpaired) electrons. The number of piperidine rings is 1. The Hall–Kier alpha value is -3.55. The van der Waals surface area contributed by atoms with Crippen molar-refractivity contribution in [1.82, 2.24) is 25.2 Å². The first-order valence-corrected chi connectivity index (χ1v) is 13.6. The second kappa shape index (κ2) is 11.2. The number of nitrogens with one attached hydrogen (secondary N) is 1.